The molecule has 0 aliphatic carbocycles. The highest BCUT2D eigenvalue weighted by atomic mass is 16.6. The number of nitro groups is 1. The van der Waals surface area contributed by atoms with Crippen molar-refractivity contribution in [3.63, 3.8) is 0 Å². The number of rotatable bonds is 6. The van der Waals surface area contributed by atoms with Crippen LogP contribution in [0, 0.1) is 17.0 Å². The van der Waals surface area contributed by atoms with Crippen LogP contribution in [0.15, 0.2) is 12.3 Å². The van der Waals surface area contributed by atoms with E-state index in [9.17, 15) is 20.3 Å². The summed E-state index contributed by atoms with van der Waals surface area (Å²) < 4.78 is 0. The third-order valence-corrected chi connectivity index (χ3v) is 2.67. The SMILES string of the molecule is CNCCC(O)C(O)c1cnc(C)c([N+](=O)[O-])c1. The average Bonchev–Trinajstić information content (AvgIpc) is 2.35. The summed E-state index contributed by atoms with van der Waals surface area (Å²) in [5.41, 5.74) is 0.365. The van der Waals surface area contributed by atoms with Gasteiger partial charge in [-0.3, -0.25) is 15.1 Å². The van der Waals surface area contributed by atoms with Gasteiger partial charge in [0.2, 0.25) is 0 Å². The van der Waals surface area contributed by atoms with E-state index in [1.54, 1.807) is 7.05 Å². The molecule has 7 heteroatoms. The van der Waals surface area contributed by atoms with Crippen molar-refractivity contribution in [3.8, 4) is 0 Å². The number of hydrogen-bond acceptors (Lipinski definition) is 6. The molecule has 0 saturated heterocycles. The van der Waals surface area contributed by atoms with Gasteiger partial charge in [0, 0.05) is 17.8 Å². The summed E-state index contributed by atoms with van der Waals surface area (Å²) in [6.45, 7) is 2.06. The minimum absolute atomic E-state index is 0.160. The van der Waals surface area contributed by atoms with Crippen LogP contribution < -0.4 is 5.32 Å². The Kier molecular flexibility index (Phi) is 5.14. The van der Waals surface area contributed by atoms with E-state index in [1.807, 2.05) is 0 Å². The number of aryl methyl sites for hydroxylation is 1. The summed E-state index contributed by atoms with van der Waals surface area (Å²) in [5.74, 6) is 0. The number of nitrogens with zero attached hydrogens (tertiary/aromatic N) is 2. The van der Waals surface area contributed by atoms with E-state index in [2.05, 4.69) is 10.3 Å². The Balaban J connectivity index is 2.89. The zero-order valence-electron chi connectivity index (χ0n) is 10.3. The van der Waals surface area contributed by atoms with E-state index >= 15 is 0 Å². The van der Waals surface area contributed by atoms with Crippen LogP contribution in [0.25, 0.3) is 0 Å². The van der Waals surface area contributed by atoms with E-state index in [1.165, 1.54) is 19.2 Å². The van der Waals surface area contributed by atoms with E-state index in [0.717, 1.165) is 0 Å². The molecular formula is C11H17N3O4. The van der Waals surface area contributed by atoms with Crippen LogP contribution in [0.1, 0.15) is 23.8 Å². The van der Waals surface area contributed by atoms with Gasteiger partial charge in [0.25, 0.3) is 5.69 Å². The van der Waals surface area contributed by atoms with Crippen LogP contribution in [0.4, 0.5) is 5.69 Å². The molecule has 7 nitrogen and oxygen atoms in total. The van der Waals surface area contributed by atoms with Gasteiger partial charge in [0.15, 0.2) is 0 Å². The zero-order chi connectivity index (χ0) is 13.7. The van der Waals surface area contributed by atoms with Gasteiger partial charge in [-0.1, -0.05) is 0 Å². The lowest BCUT2D eigenvalue weighted by atomic mass is 10.0. The van der Waals surface area contributed by atoms with E-state index in [4.69, 9.17) is 0 Å². The van der Waals surface area contributed by atoms with Crippen molar-refractivity contribution in [2.45, 2.75) is 25.6 Å². The minimum atomic E-state index is -1.18. The van der Waals surface area contributed by atoms with Crippen LogP contribution in [0.2, 0.25) is 0 Å². The van der Waals surface area contributed by atoms with Gasteiger partial charge in [0.1, 0.15) is 11.8 Å². The highest BCUT2D eigenvalue weighted by molar-refractivity contribution is 5.38. The van der Waals surface area contributed by atoms with Gasteiger partial charge in [0.05, 0.1) is 11.0 Å². The van der Waals surface area contributed by atoms with Crippen LogP contribution >= 0.6 is 0 Å². The summed E-state index contributed by atoms with van der Waals surface area (Å²) in [6.07, 6.45) is -0.471. The number of aliphatic hydroxyl groups excluding tert-OH is 2. The van der Waals surface area contributed by atoms with Crippen molar-refractivity contribution >= 4 is 5.69 Å². The molecule has 3 N–H and O–H groups in total. The van der Waals surface area contributed by atoms with Gasteiger partial charge in [-0.15, -0.1) is 0 Å². The molecule has 0 amide bonds. The lowest BCUT2D eigenvalue weighted by molar-refractivity contribution is -0.385. The summed E-state index contributed by atoms with van der Waals surface area (Å²) >= 11 is 0. The van der Waals surface area contributed by atoms with Crippen LogP contribution in [-0.4, -0.2) is 39.8 Å². The molecule has 1 rings (SSSR count). The molecule has 1 heterocycles. The summed E-state index contributed by atoms with van der Waals surface area (Å²) in [5, 5.41) is 33.2. The van der Waals surface area contributed by atoms with Crippen molar-refractivity contribution in [1.82, 2.24) is 10.3 Å². The monoisotopic (exact) mass is 255 g/mol. The maximum absolute atomic E-state index is 10.7. The second-order valence-electron chi connectivity index (χ2n) is 4.03. The Morgan fingerprint density at radius 1 is 1.56 bits per heavy atom. The first kappa shape index (κ1) is 14.5. The molecule has 0 saturated carbocycles. The molecule has 0 bridgehead atoms. The number of nitrogens with one attached hydrogen (secondary N) is 1. The standard InChI is InChI=1S/C11H17N3O4/c1-7-9(14(17)18)5-8(6-13-7)11(16)10(15)3-4-12-2/h5-6,10-12,15-16H,3-4H2,1-2H3. The lowest BCUT2D eigenvalue weighted by Gasteiger charge is -2.17. The van der Waals surface area contributed by atoms with Gasteiger partial charge in [-0.05, 0) is 26.9 Å². The summed E-state index contributed by atoms with van der Waals surface area (Å²) in [7, 11) is 1.73. The third-order valence-electron chi connectivity index (χ3n) is 2.67. The third kappa shape index (κ3) is 3.46. The lowest BCUT2D eigenvalue weighted by Crippen LogP contribution is -2.23. The molecule has 0 spiro atoms. The molecule has 1 aromatic heterocycles. The Hall–Kier alpha value is -1.57. The molecule has 0 fully saturated rings. The van der Waals surface area contributed by atoms with Gasteiger partial charge in [-0.25, -0.2) is 0 Å². The van der Waals surface area contributed by atoms with E-state index in [-0.39, 0.29) is 16.9 Å². The van der Waals surface area contributed by atoms with Crippen LogP contribution in [-0.2, 0) is 0 Å². The molecule has 0 aliphatic rings. The normalized spacial score (nSPS) is 14.2. The Morgan fingerprint density at radius 3 is 2.78 bits per heavy atom. The molecule has 100 valence electrons. The highest BCUT2D eigenvalue weighted by Gasteiger charge is 2.22. The minimum Gasteiger partial charge on any atom is -0.390 e. The predicted octanol–water partition coefficient (Wildman–Crippen LogP) is 0.302. The van der Waals surface area contributed by atoms with Crippen LogP contribution in [0.5, 0.6) is 0 Å². The number of hydrogen-bond donors (Lipinski definition) is 3. The van der Waals surface area contributed by atoms with Crippen molar-refractivity contribution in [2.75, 3.05) is 13.6 Å². The second kappa shape index (κ2) is 6.39. The van der Waals surface area contributed by atoms with Crippen molar-refractivity contribution in [1.29, 1.82) is 0 Å². The number of aliphatic hydroxyl groups is 2. The fourth-order valence-electron chi connectivity index (χ4n) is 1.56. The van der Waals surface area contributed by atoms with Crippen LogP contribution in [0.3, 0.4) is 0 Å². The van der Waals surface area contributed by atoms with Crippen molar-refractivity contribution < 1.29 is 15.1 Å². The topological polar surface area (TPSA) is 109 Å². The second-order valence-corrected chi connectivity index (χ2v) is 4.03. The summed E-state index contributed by atoms with van der Waals surface area (Å²) in [6, 6.07) is 1.25. The smallest absolute Gasteiger partial charge is 0.290 e. The first-order chi connectivity index (χ1) is 8.47. The van der Waals surface area contributed by atoms with E-state index in [0.29, 0.717) is 13.0 Å². The molecule has 2 atom stereocenters. The first-order valence-electron chi connectivity index (χ1n) is 5.59. The predicted molar refractivity (Wildman–Crippen MR) is 65.1 cm³/mol. The number of pyridine rings is 1. The Labute approximate surface area is 105 Å². The van der Waals surface area contributed by atoms with Crippen molar-refractivity contribution in [3.05, 3.63) is 33.6 Å². The molecule has 0 radical (unpaired) electrons. The fourth-order valence-corrected chi connectivity index (χ4v) is 1.56. The fraction of sp³-hybridized carbons (Fsp3) is 0.545. The van der Waals surface area contributed by atoms with E-state index < -0.39 is 17.1 Å². The zero-order valence-corrected chi connectivity index (χ0v) is 10.3. The Morgan fingerprint density at radius 2 is 2.22 bits per heavy atom. The first-order valence-corrected chi connectivity index (χ1v) is 5.59. The molecule has 0 aliphatic heterocycles. The number of aromatic nitrogens is 1. The van der Waals surface area contributed by atoms with Crippen molar-refractivity contribution in [2.24, 2.45) is 0 Å². The van der Waals surface area contributed by atoms with Gasteiger partial charge < -0.3 is 15.5 Å². The average molecular weight is 255 g/mol. The summed E-state index contributed by atoms with van der Waals surface area (Å²) in [4.78, 5) is 14.0. The quantitative estimate of drug-likeness (QED) is 0.498. The maximum atomic E-state index is 10.7. The molecular weight excluding hydrogens is 238 g/mol. The Bertz CT molecular complexity index is 425. The highest BCUT2D eigenvalue weighted by Crippen LogP contribution is 2.24. The van der Waals surface area contributed by atoms with Gasteiger partial charge in [-0.2, -0.15) is 0 Å². The molecule has 0 aromatic carbocycles. The maximum Gasteiger partial charge on any atom is 0.290 e. The molecule has 1 aromatic rings. The molecule has 2 unspecified atom stereocenters. The largest absolute Gasteiger partial charge is 0.390 e. The van der Waals surface area contributed by atoms with Gasteiger partial charge >= 0.3 is 0 Å². The molecule has 18 heavy (non-hydrogen) atoms.